The van der Waals surface area contributed by atoms with Gasteiger partial charge >= 0.3 is 0 Å². The third-order valence-electron chi connectivity index (χ3n) is 19.8. The van der Waals surface area contributed by atoms with E-state index in [1.165, 1.54) is 169 Å². The molecule has 0 fully saturated rings. The highest BCUT2D eigenvalue weighted by Crippen LogP contribution is 2.30. The van der Waals surface area contributed by atoms with Crippen molar-refractivity contribution in [3.05, 3.63) is 158 Å². The molecule has 12 nitrogen and oxygen atoms in total. The van der Waals surface area contributed by atoms with Crippen LogP contribution in [-0.4, -0.2) is 89.6 Å². The summed E-state index contributed by atoms with van der Waals surface area (Å²) in [6.45, 7) is 14.0. The van der Waals surface area contributed by atoms with Crippen LogP contribution in [0.5, 0.6) is 17.2 Å². The summed E-state index contributed by atoms with van der Waals surface area (Å²) in [5.41, 5.74) is 8.26. The first-order chi connectivity index (χ1) is 49.8. The number of benzene rings is 4. The Balaban J connectivity index is 0.906. The third kappa shape index (κ3) is 27.4. The summed E-state index contributed by atoms with van der Waals surface area (Å²) in [5, 5.41) is 0. The Hall–Kier alpha value is -8.40. The van der Waals surface area contributed by atoms with Crippen molar-refractivity contribution in [3.8, 4) is 52.8 Å². The van der Waals surface area contributed by atoms with Crippen LogP contribution in [0, 0.1) is 35.5 Å². The topological polar surface area (TPSA) is 140 Å². The number of nitrogens with zero attached hydrogens (tertiary/aromatic N) is 3. The molecule has 0 radical (unpaired) electrons. The Labute approximate surface area is 612 Å². The molecule has 546 valence electrons. The first-order valence-electron chi connectivity index (χ1n) is 39.4. The quantitative estimate of drug-likeness (QED) is 0.0240. The molecule has 0 bridgehead atoms. The number of carbonyl (C=O) groups is 6. The molecule has 12 heteroatoms. The van der Waals surface area contributed by atoms with Gasteiger partial charge in [-0.2, -0.15) is 0 Å². The highest BCUT2D eigenvalue weighted by atomic mass is 16.5. The lowest BCUT2D eigenvalue weighted by molar-refractivity contribution is -0.139. The van der Waals surface area contributed by atoms with Crippen LogP contribution in [0.2, 0.25) is 0 Å². The Morgan fingerprint density at radius 2 is 0.461 bits per heavy atom. The standard InChI is InChI=1S/C90H117N3O9/c1-7-10-13-16-19-22-25-28-31-34-40-82-70(4)85(94)91(88(82)97)61-37-64-100-79-55-49-73(50-56-79)43-46-76-67-77(47-44-74-51-57-80(58-52-74)101-65-38-62-92-86(95)71(5)83(89(92)98)41-35-32-29-26-23-20-17-14-11-8-2)69-78(68-76)48-45-75-53-59-81(60-54-75)102-66-39-63-93-87(96)72(6)84(90(93)99)42-36-33-30-27-24-21-18-15-12-9-3/h49-60,67-69H,7-42,61-66H2,1-6H3. The number of carbonyl (C=O) groups excluding carboxylic acids is 6. The lowest BCUT2D eigenvalue weighted by Crippen LogP contribution is -2.33. The second kappa shape index (κ2) is 46.3. The molecule has 3 aliphatic rings. The van der Waals surface area contributed by atoms with Gasteiger partial charge in [0.15, 0.2) is 0 Å². The van der Waals surface area contributed by atoms with Crippen molar-refractivity contribution in [3.63, 3.8) is 0 Å². The maximum Gasteiger partial charge on any atom is 0.257 e. The van der Waals surface area contributed by atoms with E-state index >= 15 is 0 Å². The second-order valence-corrected chi connectivity index (χ2v) is 28.1. The van der Waals surface area contributed by atoms with E-state index in [0.717, 1.165) is 71.9 Å². The van der Waals surface area contributed by atoms with E-state index in [9.17, 15) is 28.8 Å². The Morgan fingerprint density at radius 3 is 0.686 bits per heavy atom. The Morgan fingerprint density at radius 1 is 0.255 bits per heavy atom. The smallest absolute Gasteiger partial charge is 0.257 e. The highest BCUT2D eigenvalue weighted by molar-refractivity contribution is 6.20. The normalized spacial score (nSPS) is 13.8. The number of amides is 6. The van der Waals surface area contributed by atoms with E-state index in [4.69, 9.17) is 14.2 Å². The van der Waals surface area contributed by atoms with E-state index in [2.05, 4.69) is 56.3 Å². The van der Waals surface area contributed by atoms with E-state index in [1.807, 2.05) is 91.0 Å². The van der Waals surface area contributed by atoms with Gasteiger partial charge < -0.3 is 14.2 Å². The van der Waals surface area contributed by atoms with Crippen LogP contribution in [0.4, 0.5) is 0 Å². The van der Waals surface area contributed by atoms with Crippen molar-refractivity contribution in [2.24, 2.45) is 0 Å². The molecule has 4 aromatic carbocycles. The van der Waals surface area contributed by atoms with Crippen LogP contribution in [0.3, 0.4) is 0 Å². The molecule has 3 aliphatic heterocycles. The van der Waals surface area contributed by atoms with Crippen molar-refractivity contribution in [1.29, 1.82) is 0 Å². The average molecular weight is 1380 g/mol. The van der Waals surface area contributed by atoms with Crippen LogP contribution in [0.15, 0.2) is 124 Å². The average Bonchev–Trinajstić information content (AvgIpc) is 1.67. The van der Waals surface area contributed by atoms with Gasteiger partial charge in [-0.15, -0.1) is 0 Å². The number of imide groups is 3. The number of unbranched alkanes of at least 4 members (excludes halogenated alkanes) is 27. The molecule has 6 amide bonds. The van der Waals surface area contributed by atoms with Crippen molar-refractivity contribution < 1.29 is 43.0 Å². The zero-order chi connectivity index (χ0) is 72.5. The van der Waals surface area contributed by atoms with Crippen LogP contribution in [0.1, 0.15) is 306 Å². The van der Waals surface area contributed by atoms with Gasteiger partial charge in [0, 0.05) is 86.5 Å². The molecular weight excluding hydrogens is 1270 g/mol. The third-order valence-corrected chi connectivity index (χ3v) is 19.8. The van der Waals surface area contributed by atoms with Crippen LogP contribution in [0.25, 0.3) is 0 Å². The van der Waals surface area contributed by atoms with E-state index in [-0.39, 0.29) is 35.4 Å². The van der Waals surface area contributed by atoms with E-state index < -0.39 is 0 Å². The van der Waals surface area contributed by atoms with Crippen molar-refractivity contribution >= 4 is 35.4 Å². The summed E-state index contributed by atoms with van der Waals surface area (Å²) in [4.78, 5) is 83.5. The molecule has 0 atom stereocenters. The van der Waals surface area contributed by atoms with Crippen LogP contribution < -0.4 is 14.2 Å². The minimum atomic E-state index is -0.189. The summed E-state index contributed by atoms with van der Waals surface area (Å²) in [5.74, 6) is 20.8. The van der Waals surface area contributed by atoms with Gasteiger partial charge in [0.05, 0.1) is 19.8 Å². The monoisotopic (exact) mass is 1380 g/mol. The highest BCUT2D eigenvalue weighted by Gasteiger charge is 2.37. The van der Waals surface area contributed by atoms with Crippen molar-refractivity contribution in [2.75, 3.05) is 39.5 Å². The molecule has 0 spiro atoms. The maximum absolute atomic E-state index is 13.3. The molecular formula is C90H117N3O9. The summed E-state index contributed by atoms with van der Waals surface area (Å²) in [6.07, 6.45) is 40.1. The minimum Gasteiger partial charge on any atom is -0.494 e. The first-order valence-corrected chi connectivity index (χ1v) is 39.4. The van der Waals surface area contributed by atoms with Gasteiger partial charge in [0.25, 0.3) is 35.4 Å². The van der Waals surface area contributed by atoms with Crippen LogP contribution in [-0.2, 0) is 28.8 Å². The zero-order valence-corrected chi connectivity index (χ0v) is 62.9. The van der Waals surface area contributed by atoms with Crippen LogP contribution >= 0.6 is 0 Å². The lowest BCUT2D eigenvalue weighted by atomic mass is 10.0. The largest absolute Gasteiger partial charge is 0.494 e. The van der Waals surface area contributed by atoms with Gasteiger partial charge in [0.2, 0.25) is 0 Å². The fourth-order valence-electron chi connectivity index (χ4n) is 13.5. The van der Waals surface area contributed by atoms with Gasteiger partial charge in [-0.25, -0.2) is 0 Å². The lowest BCUT2D eigenvalue weighted by Gasteiger charge is -2.15. The fraction of sp³-hybridized carbons (Fsp3) is 0.533. The zero-order valence-electron chi connectivity index (χ0n) is 62.9. The van der Waals surface area contributed by atoms with Crippen molar-refractivity contribution in [1.82, 2.24) is 14.7 Å². The number of hydrogen-bond donors (Lipinski definition) is 0. The number of rotatable bonds is 48. The predicted octanol–water partition coefficient (Wildman–Crippen LogP) is 20.2. The molecule has 4 aromatic rings. The van der Waals surface area contributed by atoms with Gasteiger partial charge in [-0.05, 0) is 170 Å². The van der Waals surface area contributed by atoms with E-state index in [0.29, 0.717) is 129 Å². The molecule has 0 saturated carbocycles. The molecule has 0 unspecified atom stereocenters. The second-order valence-electron chi connectivity index (χ2n) is 28.1. The van der Waals surface area contributed by atoms with Gasteiger partial charge in [-0.3, -0.25) is 43.5 Å². The number of ether oxygens (including phenoxy) is 3. The molecule has 0 N–H and O–H groups in total. The predicted molar refractivity (Wildman–Crippen MR) is 412 cm³/mol. The molecule has 3 heterocycles. The molecule has 102 heavy (non-hydrogen) atoms. The SMILES string of the molecule is CCCCCCCCCCCCC1=C(C)C(=O)N(CCCOc2ccc(C#Cc3cc(C#Cc4ccc(OCCCN5C(=O)C(C)=C(CCCCCCCCCCCC)C5=O)cc4)cc(C#Cc4ccc(OCCCN5C(=O)C(C)=C(CCCCCCCCCCCC)C5=O)cc4)c3)cc2)C1=O. The van der Waals surface area contributed by atoms with Gasteiger partial charge in [-0.1, -0.05) is 230 Å². The summed E-state index contributed by atoms with van der Waals surface area (Å²) in [7, 11) is 0. The molecule has 0 aliphatic carbocycles. The summed E-state index contributed by atoms with van der Waals surface area (Å²) < 4.78 is 18.2. The van der Waals surface area contributed by atoms with E-state index in [1.54, 1.807) is 20.8 Å². The Bertz CT molecular complexity index is 3260. The fourth-order valence-corrected chi connectivity index (χ4v) is 13.5. The molecule has 7 rings (SSSR count). The number of hydrogen-bond acceptors (Lipinski definition) is 9. The molecule has 0 aromatic heterocycles. The maximum atomic E-state index is 13.3. The Kier molecular flexibility index (Phi) is 36.7. The molecule has 0 saturated heterocycles. The summed E-state index contributed by atoms with van der Waals surface area (Å²) >= 11 is 0. The minimum absolute atomic E-state index is 0.155. The summed E-state index contributed by atoms with van der Waals surface area (Å²) in [6, 6.07) is 28.5. The van der Waals surface area contributed by atoms with Gasteiger partial charge in [0.1, 0.15) is 17.2 Å². The first kappa shape index (κ1) is 80.9. The van der Waals surface area contributed by atoms with Crippen molar-refractivity contribution in [2.45, 2.75) is 273 Å².